The number of para-hydroxylation sites is 1. The number of hydrogen-bond donors (Lipinski definition) is 1. The van der Waals surface area contributed by atoms with Crippen LogP contribution in [0.25, 0.3) is 0 Å². The third-order valence-corrected chi connectivity index (χ3v) is 6.38. The van der Waals surface area contributed by atoms with Crippen molar-refractivity contribution < 1.29 is 14.3 Å². The second-order valence-corrected chi connectivity index (χ2v) is 9.57. The van der Waals surface area contributed by atoms with Gasteiger partial charge in [0.05, 0.1) is 6.61 Å². The largest absolute Gasteiger partial charge is 0.494 e. The molecule has 2 unspecified atom stereocenters. The molecule has 0 fully saturated rings. The molecule has 31 heavy (non-hydrogen) atoms. The normalized spacial score (nSPS) is 21.5. The number of hydrogen-bond acceptors (Lipinski definition) is 3. The average Bonchev–Trinajstić information content (AvgIpc) is 2.73. The lowest BCUT2D eigenvalue weighted by Gasteiger charge is -2.35. The van der Waals surface area contributed by atoms with Crippen LogP contribution in [0.15, 0.2) is 59.8 Å². The Labute approximate surface area is 184 Å². The molecule has 4 rings (SSSR count). The Hall–Kier alpha value is -2.88. The van der Waals surface area contributed by atoms with Gasteiger partial charge in [-0.05, 0) is 41.9 Å². The van der Waals surface area contributed by atoms with E-state index in [1.807, 2.05) is 31.2 Å². The summed E-state index contributed by atoms with van der Waals surface area (Å²) < 4.78 is 5.80. The molecule has 4 nitrogen and oxygen atoms in total. The van der Waals surface area contributed by atoms with E-state index in [1.165, 1.54) is 5.56 Å². The van der Waals surface area contributed by atoms with Crippen LogP contribution in [-0.2, 0) is 15.0 Å². The Bertz CT molecular complexity index is 1030. The lowest BCUT2D eigenvalue weighted by molar-refractivity contribution is -0.122. The third-order valence-electron chi connectivity index (χ3n) is 6.38. The van der Waals surface area contributed by atoms with Crippen LogP contribution in [0.2, 0.25) is 0 Å². The average molecular weight is 418 g/mol. The van der Waals surface area contributed by atoms with E-state index < -0.39 is 0 Å². The Morgan fingerprint density at radius 3 is 2.35 bits per heavy atom. The van der Waals surface area contributed by atoms with Gasteiger partial charge in [-0.1, -0.05) is 63.2 Å². The first-order chi connectivity index (χ1) is 14.8. The molecule has 2 aromatic rings. The molecule has 2 atom stereocenters. The summed E-state index contributed by atoms with van der Waals surface area (Å²) in [5.74, 6) is 0.683. The highest BCUT2D eigenvalue weighted by Gasteiger charge is 2.39. The molecule has 4 heteroatoms. The van der Waals surface area contributed by atoms with Gasteiger partial charge in [0.1, 0.15) is 5.75 Å². The van der Waals surface area contributed by atoms with Crippen LogP contribution in [0.5, 0.6) is 5.75 Å². The number of carbonyl (C=O) groups is 2. The molecule has 0 saturated carbocycles. The highest BCUT2D eigenvalue weighted by atomic mass is 16.5. The fourth-order valence-electron chi connectivity index (χ4n) is 4.77. The smallest absolute Gasteiger partial charge is 0.225 e. The topological polar surface area (TPSA) is 55.4 Å². The number of carbonyl (C=O) groups excluding carboxylic acids is 2. The number of Topliss-reactive ketones (excluding diaryl/α,β-unsaturated/α-hetero) is 1. The Kier molecular flexibility index (Phi) is 5.74. The number of amides is 1. The summed E-state index contributed by atoms with van der Waals surface area (Å²) in [6.07, 6.45) is 1.42. The van der Waals surface area contributed by atoms with Gasteiger partial charge in [-0.25, -0.2) is 0 Å². The zero-order valence-corrected chi connectivity index (χ0v) is 18.8. The maximum atomic E-state index is 13.3. The summed E-state index contributed by atoms with van der Waals surface area (Å²) >= 11 is 0. The van der Waals surface area contributed by atoms with Crippen LogP contribution in [0.4, 0.5) is 0 Å². The number of allylic oxidation sites excluding steroid dienone is 2. The summed E-state index contributed by atoms with van der Waals surface area (Å²) in [5.41, 5.74) is 4.99. The van der Waals surface area contributed by atoms with Gasteiger partial charge in [0.25, 0.3) is 0 Å². The standard InChI is InChI=1S/C27H31NO3/c1-5-31-24-9-7-6-8-20(24)21-16-25(30)28-22-14-18(15-23(29)26(21)22)17-10-12-19(13-11-17)27(2,3)4/h6-13,18,21H,5,14-16H2,1-4H3,(H,28,30). The number of rotatable bonds is 4. The number of benzene rings is 2. The van der Waals surface area contributed by atoms with Crippen molar-refractivity contribution in [1.82, 2.24) is 5.32 Å². The zero-order valence-electron chi connectivity index (χ0n) is 18.8. The molecule has 0 spiro atoms. The van der Waals surface area contributed by atoms with Gasteiger partial charge < -0.3 is 10.1 Å². The quantitative estimate of drug-likeness (QED) is 0.726. The minimum Gasteiger partial charge on any atom is -0.494 e. The van der Waals surface area contributed by atoms with E-state index in [0.29, 0.717) is 19.4 Å². The summed E-state index contributed by atoms with van der Waals surface area (Å²) in [7, 11) is 0. The van der Waals surface area contributed by atoms with Crippen molar-refractivity contribution in [1.29, 1.82) is 0 Å². The summed E-state index contributed by atoms with van der Waals surface area (Å²) in [4.78, 5) is 25.9. The maximum absolute atomic E-state index is 13.3. The summed E-state index contributed by atoms with van der Waals surface area (Å²) in [6, 6.07) is 16.3. The summed E-state index contributed by atoms with van der Waals surface area (Å²) in [5, 5.41) is 3.01. The van der Waals surface area contributed by atoms with E-state index in [9.17, 15) is 9.59 Å². The Morgan fingerprint density at radius 1 is 0.968 bits per heavy atom. The lowest BCUT2D eigenvalue weighted by Crippen LogP contribution is -2.38. The van der Waals surface area contributed by atoms with Gasteiger partial charge in [0, 0.05) is 35.6 Å². The zero-order chi connectivity index (χ0) is 22.2. The Morgan fingerprint density at radius 2 is 1.68 bits per heavy atom. The van der Waals surface area contributed by atoms with Crippen LogP contribution in [0.3, 0.4) is 0 Å². The number of ketones is 1. The number of ether oxygens (including phenoxy) is 1. The highest BCUT2D eigenvalue weighted by molar-refractivity contribution is 6.02. The molecule has 0 aromatic heterocycles. The van der Waals surface area contributed by atoms with Gasteiger partial charge in [-0.2, -0.15) is 0 Å². The van der Waals surface area contributed by atoms with E-state index in [4.69, 9.17) is 4.74 Å². The van der Waals surface area contributed by atoms with Gasteiger partial charge in [-0.15, -0.1) is 0 Å². The molecule has 1 aliphatic carbocycles. The van der Waals surface area contributed by atoms with E-state index in [0.717, 1.165) is 28.1 Å². The first-order valence-corrected chi connectivity index (χ1v) is 11.2. The first kappa shape index (κ1) is 21.4. The monoisotopic (exact) mass is 417 g/mol. The van der Waals surface area contributed by atoms with Crippen molar-refractivity contribution in [2.75, 3.05) is 6.61 Å². The molecule has 1 amide bonds. The van der Waals surface area contributed by atoms with Crippen LogP contribution < -0.4 is 10.1 Å². The molecule has 0 bridgehead atoms. The molecule has 1 aliphatic heterocycles. The second kappa shape index (κ2) is 8.33. The van der Waals surface area contributed by atoms with Crippen molar-refractivity contribution in [3.05, 3.63) is 76.5 Å². The van der Waals surface area contributed by atoms with Crippen molar-refractivity contribution >= 4 is 11.7 Å². The minimum atomic E-state index is -0.247. The first-order valence-electron chi connectivity index (χ1n) is 11.2. The second-order valence-electron chi connectivity index (χ2n) is 9.57. The molecular weight excluding hydrogens is 386 g/mol. The third kappa shape index (κ3) is 4.30. The van der Waals surface area contributed by atoms with Crippen LogP contribution in [0, 0.1) is 0 Å². The maximum Gasteiger partial charge on any atom is 0.225 e. The predicted molar refractivity (Wildman–Crippen MR) is 122 cm³/mol. The lowest BCUT2D eigenvalue weighted by atomic mass is 9.73. The van der Waals surface area contributed by atoms with E-state index in [-0.39, 0.29) is 35.4 Å². The fraction of sp³-hybridized carbons (Fsp3) is 0.407. The molecular formula is C27H31NO3. The van der Waals surface area contributed by atoms with E-state index in [1.54, 1.807) is 0 Å². The predicted octanol–water partition coefficient (Wildman–Crippen LogP) is 5.39. The molecule has 2 aliphatic rings. The molecule has 162 valence electrons. The van der Waals surface area contributed by atoms with Crippen LogP contribution >= 0.6 is 0 Å². The SMILES string of the molecule is CCOc1ccccc1C1CC(=O)NC2=C1C(=O)CC(c1ccc(C(C)(C)C)cc1)C2. The summed E-state index contributed by atoms with van der Waals surface area (Å²) in [6.45, 7) is 9.07. The van der Waals surface area contributed by atoms with Crippen LogP contribution in [-0.4, -0.2) is 18.3 Å². The van der Waals surface area contributed by atoms with Gasteiger partial charge >= 0.3 is 0 Å². The van der Waals surface area contributed by atoms with Crippen molar-refractivity contribution in [2.45, 2.75) is 64.2 Å². The molecule has 0 saturated heterocycles. The molecule has 2 aromatic carbocycles. The number of nitrogens with one attached hydrogen (secondary N) is 1. The fourth-order valence-corrected chi connectivity index (χ4v) is 4.77. The van der Waals surface area contributed by atoms with Crippen molar-refractivity contribution in [2.24, 2.45) is 0 Å². The molecule has 1 N–H and O–H groups in total. The van der Waals surface area contributed by atoms with Crippen molar-refractivity contribution in [3.8, 4) is 5.75 Å². The van der Waals surface area contributed by atoms with Gasteiger partial charge in [-0.3, -0.25) is 9.59 Å². The van der Waals surface area contributed by atoms with Crippen LogP contribution in [0.1, 0.15) is 75.5 Å². The van der Waals surface area contributed by atoms with Gasteiger partial charge in [0.15, 0.2) is 5.78 Å². The molecule has 1 heterocycles. The van der Waals surface area contributed by atoms with E-state index in [2.05, 4.69) is 50.4 Å². The Balaban J connectivity index is 1.67. The minimum absolute atomic E-state index is 0.0356. The van der Waals surface area contributed by atoms with Crippen molar-refractivity contribution in [3.63, 3.8) is 0 Å². The van der Waals surface area contributed by atoms with Gasteiger partial charge in [0.2, 0.25) is 5.91 Å². The molecule has 0 radical (unpaired) electrons. The highest BCUT2D eigenvalue weighted by Crippen LogP contribution is 2.44. The van der Waals surface area contributed by atoms with E-state index >= 15 is 0 Å².